The predicted molar refractivity (Wildman–Crippen MR) is 78.9 cm³/mol. The number of carbonyl (C=O) groups is 1. The van der Waals surface area contributed by atoms with Crippen LogP contribution in [0.4, 0.5) is 4.39 Å². The molecule has 0 radical (unpaired) electrons. The van der Waals surface area contributed by atoms with Gasteiger partial charge in [0.05, 0.1) is 6.20 Å². The summed E-state index contributed by atoms with van der Waals surface area (Å²) >= 11 is 0. The zero-order valence-corrected chi connectivity index (χ0v) is 12.1. The van der Waals surface area contributed by atoms with Crippen LogP contribution in [0.5, 0.6) is 0 Å². The quantitative estimate of drug-likeness (QED) is 0.702. The van der Waals surface area contributed by atoms with Crippen molar-refractivity contribution in [2.24, 2.45) is 0 Å². The van der Waals surface area contributed by atoms with Crippen molar-refractivity contribution in [2.45, 2.75) is 13.0 Å². The number of aryl methyl sites for hydroxylation is 1. The molecule has 7 nitrogen and oxygen atoms in total. The number of hydrogen-bond donors (Lipinski definition) is 1. The summed E-state index contributed by atoms with van der Waals surface area (Å²) in [5.74, 6) is -0.239. The molecule has 23 heavy (non-hydrogen) atoms. The third-order valence-electron chi connectivity index (χ3n) is 3.19. The normalized spacial score (nSPS) is 10.7. The van der Waals surface area contributed by atoms with Crippen molar-refractivity contribution in [3.8, 4) is 11.3 Å². The summed E-state index contributed by atoms with van der Waals surface area (Å²) in [4.78, 5) is 12.0. The van der Waals surface area contributed by atoms with E-state index in [0.29, 0.717) is 24.4 Å². The maximum atomic E-state index is 12.9. The number of nitrogens with one attached hydrogen (secondary N) is 1. The van der Waals surface area contributed by atoms with Crippen LogP contribution < -0.4 is 5.32 Å². The first-order chi connectivity index (χ1) is 11.2. The Morgan fingerprint density at radius 3 is 2.87 bits per heavy atom. The number of hydrogen-bond acceptors (Lipinski definition) is 5. The summed E-state index contributed by atoms with van der Waals surface area (Å²) < 4.78 is 19.7. The highest BCUT2D eigenvalue weighted by Crippen LogP contribution is 2.20. The number of carbonyl (C=O) groups excluding carboxylic acids is 1. The van der Waals surface area contributed by atoms with E-state index >= 15 is 0 Å². The van der Waals surface area contributed by atoms with Gasteiger partial charge in [0.25, 0.3) is 5.91 Å². The molecule has 0 atom stereocenters. The fourth-order valence-corrected chi connectivity index (χ4v) is 2.02. The Morgan fingerprint density at radius 1 is 1.30 bits per heavy atom. The van der Waals surface area contributed by atoms with E-state index in [-0.39, 0.29) is 17.4 Å². The Labute approximate surface area is 131 Å². The molecule has 1 aromatic carbocycles. The van der Waals surface area contributed by atoms with E-state index < -0.39 is 0 Å². The predicted octanol–water partition coefficient (Wildman–Crippen LogP) is 1.89. The number of benzene rings is 1. The van der Waals surface area contributed by atoms with Gasteiger partial charge < -0.3 is 9.84 Å². The van der Waals surface area contributed by atoms with E-state index in [0.717, 1.165) is 6.42 Å². The van der Waals surface area contributed by atoms with E-state index in [1.165, 1.54) is 18.2 Å². The van der Waals surface area contributed by atoms with Crippen LogP contribution in [0.25, 0.3) is 11.3 Å². The van der Waals surface area contributed by atoms with E-state index in [9.17, 15) is 9.18 Å². The van der Waals surface area contributed by atoms with Crippen LogP contribution in [0.3, 0.4) is 0 Å². The molecular weight excluding hydrogens is 301 g/mol. The van der Waals surface area contributed by atoms with Crippen LogP contribution >= 0.6 is 0 Å². The Balaban J connectivity index is 1.52. The number of amides is 1. The van der Waals surface area contributed by atoms with Crippen molar-refractivity contribution in [3.05, 3.63) is 54.2 Å². The third-order valence-corrected chi connectivity index (χ3v) is 3.19. The van der Waals surface area contributed by atoms with Gasteiger partial charge in [-0.2, -0.15) is 0 Å². The van der Waals surface area contributed by atoms with Crippen LogP contribution in [0.15, 0.2) is 47.2 Å². The topological polar surface area (TPSA) is 85.8 Å². The van der Waals surface area contributed by atoms with Crippen molar-refractivity contribution in [1.82, 2.24) is 25.5 Å². The average molecular weight is 315 g/mol. The first kappa shape index (κ1) is 14.9. The van der Waals surface area contributed by atoms with Gasteiger partial charge >= 0.3 is 0 Å². The van der Waals surface area contributed by atoms with Crippen LogP contribution in [0.1, 0.15) is 16.9 Å². The minimum atomic E-state index is -0.335. The molecule has 3 rings (SSSR count). The number of nitrogens with zero attached hydrogens (tertiary/aromatic N) is 4. The largest absolute Gasteiger partial charge is 0.355 e. The number of aromatic nitrogens is 4. The van der Waals surface area contributed by atoms with Gasteiger partial charge in [-0.3, -0.25) is 9.48 Å². The lowest BCUT2D eigenvalue weighted by atomic mass is 10.1. The minimum absolute atomic E-state index is 0.185. The molecule has 0 aliphatic heterocycles. The van der Waals surface area contributed by atoms with Crippen LogP contribution in [0.2, 0.25) is 0 Å². The van der Waals surface area contributed by atoms with Gasteiger partial charge in [-0.15, -0.1) is 5.10 Å². The molecule has 8 heteroatoms. The summed E-state index contributed by atoms with van der Waals surface area (Å²) in [5.41, 5.74) is 0.842. The molecular formula is C15H14FN5O2. The Morgan fingerprint density at radius 2 is 2.13 bits per heavy atom. The SMILES string of the molecule is O=C(NCCCn1ccnn1)c1cc(-c2ccc(F)cc2)on1. The van der Waals surface area contributed by atoms with Gasteiger partial charge in [-0.25, -0.2) is 4.39 Å². The van der Waals surface area contributed by atoms with Crippen molar-refractivity contribution in [3.63, 3.8) is 0 Å². The highest BCUT2D eigenvalue weighted by atomic mass is 19.1. The number of halogens is 1. The second-order valence-electron chi connectivity index (χ2n) is 4.86. The second-order valence-corrected chi connectivity index (χ2v) is 4.86. The Bertz CT molecular complexity index is 768. The maximum absolute atomic E-state index is 12.9. The molecule has 1 N–H and O–H groups in total. The van der Waals surface area contributed by atoms with Crippen LogP contribution in [-0.2, 0) is 6.54 Å². The number of rotatable bonds is 6. The van der Waals surface area contributed by atoms with Gasteiger partial charge in [-0.1, -0.05) is 10.4 Å². The molecule has 0 aliphatic rings. The molecule has 2 aromatic heterocycles. The molecule has 1 amide bonds. The first-order valence-electron chi connectivity index (χ1n) is 7.07. The molecule has 0 spiro atoms. The lowest BCUT2D eigenvalue weighted by Gasteiger charge is -2.02. The van der Waals surface area contributed by atoms with Crippen molar-refractivity contribution in [1.29, 1.82) is 0 Å². The Hall–Kier alpha value is -3.03. The molecule has 0 saturated carbocycles. The molecule has 0 saturated heterocycles. The smallest absolute Gasteiger partial charge is 0.273 e. The molecule has 118 valence electrons. The molecule has 0 fully saturated rings. The van der Waals surface area contributed by atoms with Gasteiger partial charge in [-0.05, 0) is 30.7 Å². The van der Waals surface area contributed by atoms with Crippen LogP contribution in [-0.4, -0.2) is 32.6 Å². The monoisotopic (exact) mass is 315 g/mol. The van der Waals surface area contributed by atoms with Gasteiger partial charge in [0.2, 0.25) is 0 Å². The lowest BCUT2D eigenvalue weighted by Crippen LogP contribution is -2.25. The van der Waals surface area contributed by atoms with E-state index in [4.69, 9.17) is 4.52 Å². The fraction of sp³-hybridized carbons (Fsp3) is 0.200. The molecule has 0 bridgehead atoms. The van der Waals surface area contributed by atoms with Crippen molar-refractivity contribution < 1.29 is 13.7 Å². The van der Waals surface area contributed by atoms with Gasteiger partial charge in [0.15, 0.2) is 11.5 Å². The molecule has 2 heterocycles. The van der Waals surface area contributed by atoms with Crippen LogP contribution in [0, 0.1) is 5.82 Å². The van der Waals surface area contributed by atoms with E-state index in [1.54, 1.807) is 29.2 Å². The third kappa shape index (κ3) is 3.79. The molecule has 3 aromatic rings. The van der Waals surface area contributed by atoms with Gasteiger partial charge in [0.1, 0.15) is 5.82 Å². The van der Waals surface area contributed by atoms with E-state index in [1.807, 2.05) is 0 Å². The summed E-state index contributed by atoms with van der Waals surface area (Å²) in [7, 11) is 0. The first-order valence-corrected chi connectivity index (χ1v) is 7.07. The fourth-order valence-electron chi connectivity index (χ4n) is 2.02. The van der Waals surface area contributed by atoms with Crippen molar-refractivity contribution >= 4 is 5.91 Å². The second kappa shape index (κ2) is 6.82. The summed E-state index contributed by atoms with van der Waals surface area (Å²) in [6, 6.07) is 7.30. The summed E-state index contributed by atoms with van der Waals surface area (Å²) in [6.07, 6.45) is 4.08. The molecule has 0 aliphatic carbocycles. The highest BCUT2D eigenvalue weighted by molar-refractivity contribution is 5.93. The van der Waals surface area contributed by atoms with Gasteiger partial charge in [0, 0.05) is 30.9 Å². The summed E-state index contributed by atoms with van der Waals surface area (Å²) in [5, 5.41) is 14.0. The maximum Gasteiger partial charge on any atom is 0.273 e. The minimum Gasteiger partial charge on any atom is -0.355 e. The zero-order chi connectivity index (χ0) is 16.1. The lowest BCUT2D eigenvalue weighted by molar-refractivity contribution is 0.0943. The zero-order valence-electron chi connectivity index (χ0n) is 12.1. The highest BCUT2D eigenvalue weighted by Gasteiger charge is 2.13. The Kier molecular flexibility index (Phi) is 4.41. The standard InChI is InChI=1S/C15H14FN5O2/c16-12-4-2-11(3-5-12)14-10-13(19-23-14)15(22)17-6-1-8-21-9-7-18-20-21/h2-5,7,9-10H,1,6,8H2,(H,17,22). The molecule has 0 unspecified atom stereocenters. The summed E-state index contributed by atoms with van der Waals surface area (Å²) in [6.45, 7) is 1.15. The van der Waals surface area contributed by atoms with Crippen molar-refractivity contribution in [2.75, 3.05) is 6.54 Å². The van der Waals surface area contributed by atoms with E-state index in [2.05, 4.69) is 20.8 Å². The average Bonchev–Trinajstić information content (AvgIpc) is 3.24.